The van der Waals surface area contributed by atoms with Gasteiger partial charge in [-0.25, -0.2) is 18.9 Å². The van der Waals surface area contributed by atoms with Crippen LogP contribution in [0.4, 0.5) is 5.69 Å². The zero-order valence-corrected chi connectivity index (χ0v) is 18.5. The summed E-state index contributed by atoms with van der Waals surface area (Å²) in [5.41, 5.74) is 1.64. The number of fused-ring (bicyclic) bond motifs is 1. The van der Waals surface area contributed by atoms with Crippen LogP contribution in [-0.2, 0) is 11.3 Å². The van der Waals surface area contributed by atoms with Gasteiger partial charge in [0.05, 0.1) is 14.2 Å². The Hall–Kier alpha value is -3.79. The number of amides is 1. The molecule has 0 bridgehead atoms. The summed E-state index contributed by atoms with van der Waals surface area (Å²) in [6.07, 6.45) is 3.08. The van der Waals surface area contributed by atoms with E-state index in [1.807, 2.05) is 31.2 Å². The highest BCUT2D eigenvalue weighted by Gasteiger charge is 2.16. The van der Waals surface area contributed by atoms with Crippen LogP contribution in [0.5, 0.6) is 11.5 Å². The predicted molar refractivity (Wildman–Crippen MR) is 121 cm³/mol. The van der Waals surface area contributed by atoms with E-state index in [4.69, 9.17) is 9.47 Å². The summed E-state index contributed by atoms with van der Waals surface area (Å²) in [7, 11) is 3.05. The Labute approximate surface area is 188 Å². The van der Waals surface area contributed by atoms with Gasteiger partial charge in [-0.1, -0.05) is 29.5 Å². The quantitative estimate of drug-likeness (QED) is 0.461. The number of aromatic nitrogens is 4. The first-order valence-electron chi connectivity index (χ1n) is 9.69. The van der Waals surface area contributed by atoms with E-state index in [-0.39, 0.29) is 6.54 Å². The summed E-state index contributed by atoms with van der Waals surface area (Å²) in [4.78, 5) is 30.7. The normalized spacial score (nSPS) is 10.8. The average Bonchev–Trinajstić information content (AvgIpc) is 3.11. The second kappa shape index (κ2) is 9.15. The molecule has 2 aromatic heterocycles. The molecule has 0 spiro atoms. The van der Waals surface area contributed by atoms with Crippen LogP contribution in [0.3, 0.4) is 0 Å². The number of ether oxygens (including phenoxy) is 2. The summed E-state index contributed by atoms with van der Waals surface area (Å²) < 4.78 is 12.9. The van der Waals surface area contributed by atoms with Gasteiger partial charge in [0.2, 0.25) is 5.91 Å². The molecular weight excluding hydrogens is 430 g/mol. The van der Waals surface area contributed by atoms with Gasteiger partial charge in [-0.2, -0.15) is 0 Å². The zero-order chi connectivity index (χ0) is 22.7. The number of carbonyl (C=O) groups excluding carboxylic acids is 1. The second-order valence-corrected chi connectivity index (χ2v) is 7.96. The topological polar surface area (TPSA) is 99.7 Å². The van der Waals surface area contributed by atoms with Crippen LogP contribution in [0.15, 0.2) is 69.6 Å². The maximum absolute atomic E-state index is 12.8. The van der Waals surface area contributed by atoms with Gasteiger partial charge >= 0.3 is 5.69 Å². The van der Waals surface area contributed by atoms with Crippen LogP contribution in [0.2, 0.25) is 0 Å². The summed E-state index contributed by atoms with van der Waals surface area (Å²) in [5, 5.41) is 7.67. The minimum atomic E-state index is -0.421. The number of aryl methyl sites for hydroxylation is 1. The number of rotatable bonds is 7. The standard InChI is InChI=1S/C22H21N5O4S/c1-14-4-7-16(8-5-14)32-21-20-25-27(22(29)26(20)11-10-23-21)13-19(28)24-15-6-9-17(30-2)18(12-15)31-3/h4-12H,13H2,1-3H3,(H,24,28). The molecule has 32 heavy (non-hydrogen) atoms. The Morgan fingerprint density at radius 3 is 2.56 bits per heavy atom. The Balaban J connectivity index is 1.56. The van der Waals surface area contributed by atoms with E-state index in [2.05, 4.69) is 15.4 Å². The number of hydrogen-bond donors (Lipinski definition) is 1. The lowest BCUT2D eigenvalue weighted by Gasteiger charge is -2.10. The van der Waals surface area contributed by atoms with Crippen LogP contribution < -0.4 is 20.5 Å². The largest absolute Gasteiger partial charge is 0.493 e. The molecule has 0 fully saturated rings. The first-order chi connectivity index (χ1) is 15.5. The molecule has 0 saturated heterocycles. The van der Waals surface area contributed by atoms with E-state index in [0.29, 0.717) is 27.9 Å². The molecule has 1 amide bonds. The van der Waals surface area contributed by atoms with Crippen molar-refractivity contribution in [2.24, 2.45) is 0 Å². The number of carbonyl (C=O) groups is 1. The number of anilines is 1. The molecule has 2 aromatic carbocycles. The van der Waals surface area contributed by atoms with E-state index in [0.717, 1.165) is 15.1 Å². The maximum Gasteiger partial charge on any atom is 0.350 e. The third-order valence-electron chi connectivity index (χ3n) is 4.67. The number of nitrogens with zero attached hydrogens (tertiary/aromatic N) is 4. The van der Waals surface area contributed by atoms with Gasteiger partial charge < -0.3 is 14.8 Å². The lowest BCUT2D eigenvalue weighted by molar-refractivity contribution is -0.117. The number of hydrogen-bond acceptors (Lipinski definition) is 7. The molecule has 164 valence electrons. The minimum Gasteiger partial charge on any atom is -0.493 e. The first kappa shape index (κ1) is 21.4. The molecular formula is C22H21N5O4S. The van der Waals surface area contributed by atoms with Crippen molar-refractivity contribution < 1.29 is 14.3 Å². The van der Waals surface area contributed by atoms with Crippen molar-refractivity contribution in [2.45, 2.75) is 23.4 Å². The number of methoxy groups -OCH3 is 2. The molecule has 0 saturated carbocycles. The number of nitrogens with one attached hydrogen (secondary N) is 1. The molecule has 1 N–H and O–H groups in total. The van der Waals surface area contributed by atoms with E-state index in [1.165, 1.54) is 36.6 Å². The van der Waals surface area contributed by atoms with Gasteiger partial charge in [0.15, 0.2) is 17.1 Å². The Morgan fingerprint density at radius 2 is 1.84 bits per heavy atom. The van der Waals surface area contributed by atoms with Crippen molar-refractivity contribution >= 4 is 29.0 Å². The van der Waals surface area contributed by atoms with Crippen LogP contribution in [0.25, 0.3) is 5.65 Å². The van der Waals surface area contributed by atoms with Crippen LogP contribution in [0.1, 0.15) is 5.56 Å². The molecule has 0 radical (unpaired) electrons. The van der Waals surface area contributed by atoms with Crippen molar-refractivity contribution in [1.82, 2.24) is 19.2 Å². The van der Waals surface area contributed by atoms with Gasteiger partial charge in [-0.3, -0.25) is 4.79 Å². The predicted octanol–water partition coefficient (Wildman–Crippen LogP) is 3.01. The van der Waals surface area contributed by atoms with Gasteiger partial charge in [0, 0.05) is 29.0 Å². The molecule has 0 aliphatic rings. The van der Waals surface area contributed by atoms with Gasteiger partial charge in [-0.15, -0.1) is 5.10 Å². The highest BCUT2D eigenvalue weighted by atomic mass is 32.2. The number of benzene rings is 2. The molecule has 0 unspecified atom stereocenters. The minimum absolute atomic E-state index is 0.247. The lowest BCUT2D eigenvalue weighted by Crippen LogP contribution is -2.28. The highest BCUT2D eigenvalue weighted by Crippen LogP contribution is 2.30. The summed E-state index contributed by atoms with van der Waals surface area (Å²) in [5.74, 6) is 0.635. The van der Waals surface area contributed by atoms with Crippen molar-refractivity contribution in [1.29, 1.82) is 0 Å². The van der Waals surface area contributed by atoms with E-state index >= 15 is 0 Å². The second-order valence-electron chi connectivity index (χ2n) is 6.90. The van der Waals surface area contributed by atoms with E-state index in [1.54, 1.807) is 24.4 Å². The summed E-state index contributed by atoms with van der Waals surface area (Å²) in [6, 6.07) is 13.0. The van der Waals surface area contributed by atoms with E-state index < -0.39 is 11.6 Å². The molecule has 2 heterocycles. The van der Waals surface area contributed by atoms with Gasteiger partial charge in [0.1, 0.15) is 11.6 Å². The van der Waals surface area contributed by atoms with Crippen LogP contribution >= 0.6 is 11.8 Å². The van der Waals surface area contributed by atoms with Gasteiger partial charge in [0.25, 0.3) is 0 Å². The fourth-order valence-corrected chi connectivity index (χ4v) is 3.91. The fourth-order valence-electron chi connectivity index (χ4n) is 3.07. The zero-order valence-electron chi connectivity index (χ0n) is 17.7. The molecule has 0 aliphatic carbocycles. The Kier molecular flexibility index (Phi) is 6.13. The lowest BCUT2D eigenvalue weighted by atomic mass is 10.2. The van der Waals surface area contributed by atoms with Crippen molar-refractivity contribution in [3.63, 3.8) is 0 Å². The smallest absolute Gasteiger partial charge is 0.350 e. The van der Waals surface area contributed by atoms with Crippen LogP contribution in [-0.4, -0.2) is 39.3 Å². The third-order valence-corrected chi connectivity index (χ3v) is 5.65. The average molecular weight is 452 g/mol. The third kappa shape index (κ3) is 4.45. The van der Waals surface area contributed by atoms with E-state index in [9.17, 15) is 9.59 Å². The van der Waals surface area contributed by atoms with Crippen molar-refractivity contribution in [3.05, 3.63) is 70.9 Å². The highest BCUT2D eigenvalue weighted by molar-refractivity contribution is 7.99. The monoisotopic (exact) mass is 451 g/mol. The Bertz CT molecular complexity index is 1330. The summed E-state index contributed by atoms with van der Waals surface area (Å²) >= 11 is 1.40. The molecule has 0 atom stereocenters. The fraction of sp³-hybridized carbons (Fsp3) is 0.182. The molecule has 10 heteroatoms. The van der Waals surface area contributed by atoms with Crippen molar-refractivity contribution in [2.75, 3.05) is 19.5 Å². The molecule has 9 nitrogen and oxygen atoms in total. The van der Waals surface area contributed by atoms with Crippen LogP contribution in [0, 0.1) is 6.92 Å². The molecule has 4 rings (SSSR count). The molecule has 0 aliphatic heterocycles. The maximum atomic E-state index is 12.8. The first-order valence-corrected chi connectivity index (χ1v) is 10.5. The Morgan fingerprint density at radius 1 is 1.09 bits per heavy atom. The van der Waals surface area contributed by atoms with Gasteiger partial charge in [-0.05, 0) is 31.2 Å². The summed E-state index contributed by atoms with van der Waals surface area (Å²) in [6.45, 7) is 1.77. The molecule has 4 aromatic rings. The SMILES string of the molecule is COc1ccc(NC(=O)Cn2nc3c(Sc4ccc(C)cc4)nccn3c2=O)cc1OC. The van der Waals surface area contributed by atoms with Crippen molar-refractivity contribution in [3.8, 4) is 11.5 Å².